The second kappa shape index (κ2) is 5.63. The molecule has 2 heterocycles. The Balaban J connectivity index is 0.000000159. The molecular formula is C14H13ClN2O2. The van der Waals surface area contributed by atoms with E-state index in [1.54, 1.807) is 18.2 Å². The molecule has 4 rings (SSSR count). The van der Waals surface area contributed by atoms with Crippen LogP contribution in [0, 0.1) is 0 Å². The van der Waals surface area contributed by atoms with E-state index in [-0.39, 0.29) is 5.91 Å². The summed E-state index contributed by atoms with van der Waals surface area (Å²) in [5.74, 6) is 1.80. The van der Waals surface area contributed by atoms with Gasteiger partial charge in [-0.25, -0.2) is 0 Å². The summed E-state index contributed by atoms with van der Waals surface area (Å²) in [5.41, 5.74) is 6.52. The van der Waals surface area contributed by atoms with Gasteiger partial charge in [-0.15, -0.1) is 0 Å². The number of hydrogen-bond acceptors (Lipinski definition) is 3. The Morgan fingerprint density at radius 2 is 1.79 bits per heavy atom. The lowest BCUT2D eigenvalue weighted by atomic mass is 10.2. The molecule has 19 heavy (non-hydrogen) atoms. The van der Waals surface area contributed by atoms with Crippen molar-refractivity contribution in [3.8, 4) is 11.5 Å². The average Bonchev–Trinajstić information content (AvgIpc) is 2.35. The van der Waals surface area contributed by atoms with Crippen molar-refractivity contribution in [2.24, 2.45) is 0 Å². The normalized spacial score (nSPS) is 10.4. The smallest absolute Gasteiger partial charge is 0.221 e. The molecule has 0 aromatic heterocycles. The summed E-state index contributed by atoms with van der Waals surface area (Å²) in [6, 6.07) is 13.0. The summed E-state index contributed by atoms with van der Waals surface area (Å²) in [4.78, 5) is 10.7. The van der Waals surface area contributed by atoms with Crippen LogP contribution in [0.3, 0.4) is 0 Å². The topological polar surface area (TPSA) is 64.4 Å². The summed E-state index contributed by atoms with van der Waals surface area (Å²) in [6.07, 6.45) is 0. The number of fused-ring (bicyclic) bond motifs is 2. The predicted octanol–water partition coefficient (Wildman–Crippen LogP) is 3.67. The molecule has 0 aliphatic carbocycles. The van der Waals surface area contributed by atoms with E-state index < -0.39 is 0 Å². The first-order valence-corrected chi connectivity index (χ1v) is 6.03. The fourth-order valence-electron chi connectivity index (χ4n) is 1.52. The molecule has 2 aliphatic heterocycles. The van der Waals surface area contributed by atoms with Crippen LogP contribution in [0.25, 0.3) is 0 Å². The Hall–Kier alpha value is -2.20. The third kappa shape index (κ3) is 3.39. The van der Waals surface area contributed by atoms with Gasteiger partial charge < -0.3 is 15.8 Å². The number of rotatable bonds is 1. The summed E-state index contributed by atoms with van der Waals surface area (Å²) in [6.45, 7) is 1.42. The molecule has 0 radical (unpaired) electrons. The van der Waals surface area contributed by atoms with Crippen molar-refractivity contribution in [2.75, 3.05) is 11.1 Å². The molecule has 2 aromatic rings. The maximum absolute atomic E-state index is 10.7. The van der Waals surface area contributed by atoms with Gasteiger partial charge in [-0.3, -0.25) is 4.79 Å². The number of halogens is 1. The highest BCUT2D eigenvalue weighted by molar-refractivity contribution is 6.36. The Labute approximate surface area is 116 Å². The van der Waals surface area contributed by atoms with Crippen LogP contribution in [0.1, 0.15) is 6.92 Å². The van der Waals surface area contributed by atoms with Gasteiger partial charge in [0.25, 0.3) is 0 Å². The maximum Gasteiger partial charge on any atom is 0.221 e. The molecule has 98 valence electrons. The van der Waals surface area contributed by atoms with Crippen molar-refractivity contribution in [3.05, 3.63) is 47.5 Å². The Morgan fingerprint density at radius 1 is 1.21 bits per heavy atom. The van der Waals surface area contributed by atoms with Crippen LogP contribution in [0.2, 0.25) is 5.02 Å². The molecule has 3 N–H and O–H groups in total. The van der Waals surface area contributed by atoms with Crippen LogP contribution >= 0.6 is 11.6 Å². The average molecular weight is 277 g/mol. The zero-order chi connectivity index (χ0) is 13.8. The van der Waals surface area contributed by atoms with Gasteiger partial charge in [-0.05, 0) is 24.3 Å². The standard InChI is InChI=1S/C8H9ClN2O.C6H4O/c1-5(12)11-7-4-2-3-6(10)8(7)9;1-2-5-4-6(3-1)7-5/h2-4H,10H2,1H3,(H,11,12);1-4H. The van der Waals surface area contributed by atoms with Gasteiger partial charge in [0.2, 0.25) is 5.91 Å². The fourth-order valence-corrected chi connectivity index (χ4v) is 1.69. The predicted molar refractivity (Wildman–Crippen MR) is 76.7 cm³/mol. The van der Waals surface area contributed by atoms with Crippen molar-refractivity contribution in [2.45, 2.75) is 6.92 Å². The lowest BCUT2D eigenvalue weighted by molar-refractivity contribution is -0.114. The second-order valence-corrected chi connectivity index (χ2v) is 4.34. The molecule has 2 aromatic carbocycles. The van der Waals surface area contributed by atoms with E-state index in [1.807, 2.05) is 24.3 Å². The minimum atomic E-state index is -0.164. The number of nitrogens with two attached hydrogens (primary N) is 1. The van der Waals surface area contributed by atoms with Crippen LogP contribution in [0.15, 0.2) is 42.5 Å². The molecule has 5 heteroatoms. The molecule has 0 atom stereocenters. The minimum Gasteiger partial charge on any atom is -0.457 e. The number of ether oxygens (including phenoxy) is 1. The zero-order valence-corrected chi connectivity index (χ0v) is 11.1. The molecule has 4 nitrogen and oxygen atoms in total. The van der Waals surface area contributed by atoms with Gasteiger partial charge in [0.05, 0.1) is 16.4 Å². The number of nitrogens with one attached hydrogen (secondary N) is 1. The number of benzene rings is 2. The zero-order valence-electron chi connectivity index (χ0n) is 10.3. The van der Waals surface area contributed by atoms with Gasteiger partial charge in [-0.1, -0.05) is 23.7 Å². The first kappa shape index (κ1) is 13.2. The van der Waals surface area contributed by atoms with Crippen LogP contribution in [-0.4, -0.2) is 5.91 Å². The lowest BCUT2D eigenvalue weighted by Gasteiger charge is -2.13. The molecular weight excluding hydrogens is 264 g/mol. The Kier molecular flexibility index (Phi) is 3.92. The van der Waals surface area contributed by atoms with Crippen molar-refractivity contribution < 1.29 is 9.53 Å². The van der Waals surface area contributed by atoms with Crippen LogP contribution in [0.4, 0.5) is 11.4 Å². The molecule has 0 spiro atoms. The molecule has 1 amide bonds. The summed E-state index contributed by atoms with van der Waals surface area (Å²) in [7, 11) is 0. The second-order valence-electron chi connectivity index (χ2n) is 3.97. The maximum atomic E-state index is 10.7. The van der Waals surface area contributed by atoms with Crippen molar-refractivity contribution in [3.63, 3.8) is 0 Å². The molecule has 2 aliphatic rings. The quantitative estimate of drug-likeness (QED) is 0.667. The van der Waals surface area contributed by atoms with Gasteiger partial charge in [0.1, 0.15) is 11.5 Å². The minimum absolute atomic E-state index is 0.164. The number of anilines is 2. The van der Waals surface area contributed by atoms with Gasteiger partial charge in [-0.2, -0.15) is 0 Å². The third-order valence-corrected chi connectivity index (χ3v) is 2.80. The van der Waals surface area contributed by atoms with Crippen LogP contribution < -0.4 is 15.8 Å². The molecule has 0 fully saturated rings. The number of amides is 1. The third-order valence-electron chi connectivity index (χ3n) is 2.38. The molecule has 0 saturated heterocycles. The van der Waals surface area contributed by atoms with Crippen molar-refractivity contribution >= 4 is 28.9 Å². The Morgan fingerprint density at radius 3 is 2.21 bits per heavy atom. The SMILES string of the molecule is CC(=O)Nc1cccc(N)c1Cl.c1cc2cc(c1)O2. The van der Waals surface area contributed by atoms with E-state index in [0.29, 0.717) is 16.4 Å². The first-order valence-electron chi connectivity index (χ1n) is 5.66. The van der Waals surface area contributed by atoms with Gasteiger partial charge in [0.15, 0.2) is 0 Å². The van der Waals surface area contributed by atoms with Crippen molar-refractivity contribution in [1.82, 2.24) is 0 Å². The monoisotopic (exact) mass is 276 g/mol. The van der Waals surface area contributed by atoms with Gasteiger partial charge >= 0.3 is 0 Å². The number of hydrogen-bond donors (Lipinski definition) is 2. The molecule has 0 saturated carbocycles. The first-order chi connectivity index (χ1) is 9.06. The van der Waals surface area contributed by atoms with Crippen LogP contribution in [-0.2, 0) is 4.79 Å². The lowest BCUT2D eigenvalue weighted by Crippen LogP contribution is -2.06. The number of nitrogen functional groups attached to an aromatic ring is 1. The molecule has 0 unspecified atom stereocenters. The van der Waals surface area contributed by atoms with E-state index >= 15 is 0 Å². The summed E-state index contributed by atoms with van der Waals surface area (Å²) in [5, 5.41) is 2.95. The fraction of sp³-hybridized carbons (Fsp3) is 0.0714. The Bertz CT molecular complexity index is 589. The highest BCUT2D eigenvalue weighted by Crippen LogP contribution is 2.33. The number of carbonyl (C=O) groups is 1. The van der Waals surface area contributed by atoms with Crippen molar-refractivity contribution in [1.29, 1.82) is 0 Å². The van der Waals surface area contributed by atoms with Gasteiger partial charge in [0, 0.05) is 13.0 Å². The van der Waals surface area contributed by atoms with E-state index in [9.17, 15) is 4.79 Å². The molecule has 2 bridgehead atoms. The summed E-state index contributed by atoms with van der Waals surface area (Å²) < 4.78 is 5.01. The largest absolute Gasteiger partial charge is 0.457 e. The van der Waals surface area contributed by atoms with E-state index in [0.717, 1.165) is 11.5 Å². The van der Waals surface area contributed by atoms with E-state index in [2.05, 4.69) is 5.32 Å². The summed E-state index contributed by atoms with van der Waals surface area (Å²) >= 11 is 5.80. The number of carbonyl (C=O) groups excluding carboxylic acids is 1. The highest BCUT2D eigenvalue weighted by atomic mass is 35.5. The highest BCUT2D eigenvalue weighted by Gasteiger charge is 2.06. The van der Waals surface area contributed by atoms with E-state index in [4.69, 9.17) is 22.1 Å². The van der Waals surface area contributed by atoms with E-state index in [1.165, 1.54) is 6.92 Å². The van der Waals surface area contributed by atoms with Crippen LogP contribution in [0.5, 0.6) is 11.5 Å².